The lowest BCUT2D eigenvalue weighted by atomic mass is 10.1. The SMILES string of the molecule is CCNC(=NCc1cccc(CN2CCCC2=O)c1)NCC1CCCN1Cc1ccccc1.I. The molecule has 0 aliphatic carbocycles. The quantitative estimate of drug-likeness (QED) is 0.268. The minimum atomic E-state index is 0. The van der Waals surface area contributed by atoms with Crippen molar-refractivity contribution in [1.82, 2.24) is 20.4 Å². The highest BCUT2D eigenvalue weighted by molar-refractivity contribution is 14.0. The molecule has 0 aromatic heterocycles. The van der Waals surface area contributed by atoms with E-state index in [-0.39, 0.29) is 29.9 Å². The number of nitrogens with one attached hydrogen (secondary N) is 2. The molecule has 4 rings (SSSR count). The molecular formula is C27H38IN5O. The van der Waals surface area contributed by atoms with Crippen molar-refractivity contribution in [3.63, 3.8) is 0 Å². The zero-order valence-corrected chi connectivity index (χ0v) is 22.5. The predicted molar refractivity (Wildman–Crippen MR) is 149 cm³/mol. The van der Waals surface area contributed by atoms with Gasteiger partial charge in [-0.15, -0.1) is 24.0 Å². The fourth-order valence-electron chi connectivity index (χ4n) is 4.80. The van der Waals surface area contributed by atoms with Gasteiger partial charge in [0.2, 0.25) is 5.91 Å². The van der Waals surface area contributed by atoms with Crippen LogP contribution in [0.3, 0.4) is 0 Å². The summed E-state index contributed by atoms with van der Waals surface area (Å²) in [6.07, 6.45) is 4.13. The molecule has 1 atom stereocenters. The van der Waals surface area contributed by atoms with E-state index in [9.17, 15) is 4.79 Å². The van der Waals surface area contributed by atoms with Crippen molar-refractivity contribution in [3.8, 4) is 0 Å². The van der Waals surface area contributed by atoms with E-state index in [0.717, 1.165) is 45.1 Å². The molecule has 2 aromatic rings. The van der Waals surface area contributed by atoms with Crippen molar-refractivity contribution in [2.24, 2.45) is 4.99 Å². The van der Waals surface area contributed by atoms with Crippen LogP contribution < -0.4 is 10.6 Å². The van der Waals surface area contributed by atoms with Crippen molar-refractivity contribution >= 4 is 35.8 Å². The first-order chi connectivity index (χ1) is 16.2. The van der Waals surface area contributed by atoms with Crippen LogP contribution in [0, 0.1) is 0 Å². The van der Waals surface area contributed by atoms with Crippen molar-refractivity contribution in [3.05, 3.63) is 71.3 Å². The Kier molecular flexibility index (Phi) is 10.7. The standard InChI is InChI=1S/C27H37N5O.HI/c1-2-28-27(30-19-25-13-7-15-31(25)20-22-9-4-3-5-10-22)29-18-23-11-6-12-24(17-23)21-32-16-8-14-26(32)33;/h3-6,9-12,17,25H,2,7-8,13-16,18-21H2,1H3,(H2,28,29,30);1H. The number of hydrogen-bond donors (Lipinski definition) is 2. The van der Waals surface area contributed by atoms with Crippen molar-refractivity contribution in [2.45, 2.75) is 58.3 Å². The normalized spacial score (nSPS) is 18.7. The van der Waals surface area contributed by atoms with Crippen LogP contribution in [0.15, 0.2) is 59.6 Å². The summed E-state index contributed by atoms with van der Waals surface area (Å²) >= 11 is 0. The molecular weight excluding hydrogens is 537 g/mol. The molecule has 2 N–H and O–H groups in total. The second-order valence-corrected chi connectivity index (χ2v) is 9.07. The molecule has 2 aromatic carbocycles. The molecule has 2 aliphatic heterocycles. The number of rotatable bonds is 9. The molecule has 2 fully saturated rings. The summed E-state index contributed by atoms with van der Waals surface area (Å²) in [6.45, 7) is 8.19. The van der Waals surface area contributed by atoms with Gasteiger partial charge >= 0.3 is 0 Å². The zero-order chi connectivity index (χ0) is 22.9. The minimum Gasteiger partial charge on any atom is -0.357 e. The van der Waals surface area contributed by atoms with Crippen molar-refractivity contribution in [2.75, 3.05) is 26.2 Å². The fourth-order valence-corrected chi connectivity index (χ4v) is 4.80. The molecule has 2 heterocycles. The van der Waals surface area contributed by atoms with Crippen LogP contribution >= 0.6 is 24.0 Å². The highest BCUT2D eigenvalue weighted by Crippen LogP contribution is 2.19. The Morgan fingerprint density at radius 3 is 2.53 bits per heavy atom. The molecule has 0 spiro atoms. The van der Waals surface area contributed by atoms with Crippen LogP contribution in [0.25, 0.3) is 0 Å². The highest BCUT2D eigenvalue weighted by Gasteiger charge is 2.24. The van der Waals surface area contributed by atoms with Gasteiger partial charge in [-0.2, -0.15) is 0 Å². The van der Waals surface area contributed by atoms with E-state index in [2.05, 4.69) is 77.1 Å². The molecule has 2 aliphatic rings. The van der Waals surface area contributed by atoms with Gasteiger partial charge in [-0.25, -0.2) is 4.99 Å². The van der Waals surface area contributed by atoms with E-state index < -0.39 is 0 Å². The third-order valence-electron chi connectivity index (χ3n) is 6.53. The molecule has 1 amide bonds. The largest absolute Gasteiger partial charge is 0.357 e. The summed E-state index contributed by atoms with van der Waals surface area (Å²) in [6, 6.07) is 19.7. The van der Waals surface area contributed by atoms with E-state index >= 15 is 0 Å². The van der Waals surface area contributed by atoms with Crippen molar-refractivity contribution < 1.29 is 4.79 Å². The summed E-state index contributed by atoms with van der Waals surface area (Å²) in [5.41, 5.74) is 3.72. The Balaban J connectivity index is 0.00000324. The Morgan fingerprint density at radius 1 is 0.971 bits per heavy atom. The van der Waals surface area contributed by atoms with Gasteiger partial charge in [0.15, 0.2) is 5.96 Å². The number of guanidine groups is 1. The number of carbonyl (C=O) groups excluding carboxylic acids is 1. The number of amides is 1. The van der Waals surface area contributed by atoms with Gasteiger partial charge in [0.05, 0.1) is 6.54 Å². The first-order valence-electron chi connectivity index (χ1n) is 12.4. The lowest BCUT2D eigenvalue weighted by Crippen LogP contribution is -2.44. The monoisotopic (exact) mass is 575 g/mol. The lowest BCUT2D eigenvalue weighted by molar-refractivity contribution is -0.128. The summed E-state index contributed by atoms with van der Waals surface area (Å²) in [5.74, 6) is 1.13. The van der Waals surface area contributed by atoms with Crippen LogP contribution in [0.2, 0.25) is 0 Å². The second-order valence-electron chi connectivity index (χ2n) is 9.07. The molecule has 0 radical (unpaired) electrons. The molecule has 0 bridgehead atoms. The number of likely N-dealkylation sites (tertiary alicyclic amines) is 2. The number of benzene rings is 2. The summed E-state index contributed by atoms with van der Waals surface area (Å²) < 4.78 is 0. The van der Waals surface area contributed by atoms with E-state index in [0.29, 0.717) is 25.6 Å². The average molecular weight is 576 g/mol. The molecule has 184 valence electrons. The van der Waals surface area contributed by atoms with Gasteiger partial charge in [-0.05, 0) is 49.4 Å². The molecule has 0 saturated carbocycles. The fraction of sp³-hybridized carbons (Fsp3) is 0.481. The Hall–Kier alpha value is -2.13. The van der Waals surface area contributed by atoms with Crippen molar-refractivity contribution in [1.29, 1.82) is 0 Å². The Morgan fingerprint density at radius 2 is 1.76 bits per heavy atom. The van der Waals surface area contributed by atoms with Gasteiger partial charge in [-0.1, -0.05) is 54.6 Å². The number of aliphatic imine (C=N–C) groups is 1. The molecule has 7 heteroatoms. The summed E-state index contributed by atoms with van der Waals surface area (Å²) in [5, 5.41) is 6.96. The van der Waals surface area contributed by atoms with Crippen LogP contribution in [-0.2, 0) is 24.4 Å². The second kappa shape index (κ2) is 13.7. The predicted octanol–water partition coefficient (Wildman–Crippen LogP) is 4.15. The highest BCUT2D eigenvalue weighted by atomic mass is 127. The Labute approximate surface area is 221 Å². The number of hydrogen-bond acceptors (Lipinski definition) is 3. The molecule has 6 nitrogen and oxygen atoms in total. The third kappa shape index (κ3) is 7.70. The Bertz CT molecular complexity index is 936. The number of halogens is 1. The maximum Gasteiger partial charge on any atom is 0.222 e. The molecule has 2 saturated heterocycles. The van der Waals surface area contributed by atoms with E-state index in [1.54, 1.807) is 0 Å². The summed E-state index contributed by atoms with van der Waals surface area (Å²) in [4.78, 5) is 21.3. The maximum atomic E-state index is 11.9. The lowest BCUT2D eigenvalue weighted by Gasteiger charge is -2.25. The molecule has 34 heavy (non-hydrogen) atoms. The van der Waals surface area contributed by atoms with Crippen LogP contribution in [-0.4, -0.2) is 53.9 Å². The van der Waals surface area contributed by atoms with Gasteiger partial charge in [0.1, 0.15) is 0 Å². The van der Waals surface area contributed by atoms with E-state index in [1.165, 1.54) is 29.5 Å². The minimum absolute atomic E-state index is 0. The number of carbonyl (C=O) groups is 1. The van der Waals surface area contributed by atoms with Gasteiger partial charge in [0, 0.05) is 45.2 Å². The van der Waals surface area contributed by atoms with E-state index in [1.807, 2.05) is 4.90 Å². The van der Waals surface area contributed by atoms with Gasteiger partial charge in [-0.3, -0.25) is 9.69 Å². The maximum absolute atomic E-state index is 11.9. The topological polar surface area (TPSA) is 60.0 Å². The summed E-state index contributed by atoms with van der Waals surface area (Å²) in [7, 11) is 0. The van der Waals surface area contributed by atoms with E-state index in [4.69, 9.17) is 4.99 Å². The third-order valence-corrected chi connectivity index (χ3v) is 6.53. The van der Waals surface area contributed by atoms with Crippen LogP contribution in [0.4, 0.5) is 0 Å². The van der Waals surface area contributed by atoms with Gasteiger partial charge in [0.25, 0.3) is 0 Å². The van der Waals surface area contributed by atoms with Crippen LogP contribution in [0.5, 0.6) is 0 Å². The van der Waals surface area contributed by atoms with Crippen LogP contribution in [0.1, 0.15) is 49.3 Å². The first-order valence-corrected chi connectivity index (χ1v) is 12.4. The zero-order valence-electron chi connectivity index (χ0n) is 20.2. The smallest absolute Gasteiger partial charge is 0.222 e. The first kappa shape index (κ1) is 26.5. The number of nitrogens with zero attached hydrogens (tertiary/aromatic N) is 3. The molecule has 1 unspecified atom stereocenters. The van der Waals surface area contributed by atoms with Gasteiger partial charge < -0.3 is 15.5 Å². The average Bonchev–Trinajstić information content (AvgIpc) is 3.45.